The number of Topliss-reactive ketones (excluding diaryl/α,β-unsaturated/α-hetero) is 1. The van der Waals surface area contributed by atoms with Crippen LogP contribution in [-0.4, -0.2) is 17.0 Å². The number of aliphatic hydroxyl groups excluding tert-OH is 1. The highest BCUT2D eigenvalue weighted by atomic mass is 16.3. The number of anilines is 1. The summed E-state index contributed by atoms with van der Waals surface area (Å²) in [6, 6.07) is 14.6. The Balaban J connectivity index is 2.00. The third-order valence-electron chi connectivity index (χ3n) is 4.04. The summed E-state index contributed by atoms with van der Waals surface area (Å²) in [6.07, 6.45) is 0.0317. The first-order valence-corrected chi connectivity index (χ1v) is 7.17. The monoisotopic (exact) mass is 292 g/mol. The minimum absolute atomic E-state index is 0.0761. The Morgan fingerprint density at radius 2 is 2.09 bits per heavy atom. The fourth-order valence-corrected chi connectivity index (χ4v) is 2.96. The molecule has 4 nitrogen and oxygen atoms in total. The number of carbonyl (C=O) groups excluding carboxylic acids is 1. The van der Waals surface area contributed by atoms with E-state index in [4.69, 9.17) is 5.26 Å². The molecule has 0 aromatic heterocycles. The van der Waals surface area contributed by atoms with Crippen molar-refractivity contribution in [3.05, 3.63) is 64.7 Å². The number of hydrogen-bond acceptors (Lipinski definition) is 4. The van der Waals surface area contributed by atoms with Gasteiger partial charge in [-0.1, -0.05) is 24.3 Å². The Labute approximate surface area is 129 Å². The minimum Gasteiger partial charge on any atom is -0.390 e. The molecule has 0 fully saturated rings. The summed E-state index contributed by atoms with van der Waals surface area (Å²) in [5, 5.41) is 22.6. The molecule has 0 heterocycles. The van der Waals surface area contributed by atoms with E-state index < -0.39 is 6.10 Å². The first-order chi connectivity index (χ1) is 10.6. The molecular formula is C18H16N2O2. The third kappa shape index (κ3) is 2.47. The number of fused-ring (bicyclic) bond motifs is 1. The zero-order valence-electron chi connectivity index (χ0n) is 12.2. The lowest BCUT2D eigenvalue weighted by Gasteiger charge is -2.21. The molecule has 22 heavy (non-hydrogen) atoms. The predicted octanol–water partition coefficient (Wildman–Crippen LogP) is 2.83. The first kappa shape index (κ1) is 14.3. The van der Waals surface area contributed by atoms with Crippen molar-refractivity contribution in [1.29, 1.82) is 5.26 Å². The van der Waals surface area contributed by atoms with E-state index >= 15 is 0 Å². The van der Waals surface area contributed by atoms with E-state index in [1.165, 1.54) is 6.92 Å². The van der Waals surface area contributed by atoms with Crippen LogP contribution in [0.25, 0.3) is 0 Å². The van der Waals surface area contributed by atoms with Crippen molar-refractivity contribution in [3.63, 3.8) is 0 Å². The van der Waals surface area contributed by atoms with E-state index in [0.717, 1.165) is 11.1 Å². The number of aliphatic hydroxyl groups is 1. The van der Waals surface area contributed by atoms with Gasteiger partial charge in [0, 0.05) is 17.7 Å². The first-order valence-electron chi connectivity index (χ1n) is 7.17. The molecule has 0 aliphatic heterocycles. The lowest BCUT2D eigenvalue weighted by atomic mass is 10.0. The average Bonchev–Trinajstić information content (AvgIpc) is 2.83. The molecule has 4 heteroatoms. The van der Waals surface area contributed by atoms with Gasteiger partial charge in [0.05, 0.1) is 23.8 Å². The molecular weight excluding hydrogens is 276 g/mol. The Kier molecular flexibility index (Phi) is 3.66. The van der Waals surface area contributed by atoms with Crippen molar-refractivity contribution >= 4 is 11.5 Å². The molecule has 0 saturated heterocycles. The highest BCUT2D eigenvalue weighted by molar-refractivity contribution is 5.99. The molecule has 3 rings (SSSR count). The van der Waals surface area contributed by atoms with E-state index in [1.54, 1.807) is 18.2 Å². The van der Waals surface area contributed by atoms with Crippen LogP contribution in [0.2, 0.25) is 0 Å². The summed E-state index contributed by atoms with van der Waals surface area (Å²) >= 11 is 0. The van der Waals surface area contributed by atoms with Crippen molar-refractivity contribution in [1.82, 2.24) is 0 Å². The van der Waals surface area contributed by atoms with Crippen LogP contribution in [0, 0.1) is 11.3 Å². The minimum atomic E-state index is -0.553. The molecule has 1 aliphatic carbocycles. The van der Waals surface area contributed by atoms with Gasteiger partial charge >= 0.3 is 0 Å². The Bertz CT molecular complexity index is 777. The van der Waals surface area contributed by atoms with Crippen LogP contribution in [0.4, 0.5) is 5.69 Å². The number of rotatable bonds is 3. The molecule has 0 spiro atoms. The maximum absolute atomic E-state index is 11.8. The van der Waals surface area contributed by atoms with Gasteiger partial charge in [0.25, 0.3) is 0 Å². The smallest absolute Gasteiger partial charge is 0.161 e. The summed E-state index contributed by atoms with van der Waals surface area (Å²) in [6.45, 7) is 1.49. The molecule has 0 radical (unpaired) electrons. The second-order valence-corrected chi connectivity index (χ2v) is 5.52. The number of benzene rings is 2. The molecule has 2 N–H and O–H groups in total. The number of nitriles is 1. The Hall–Kier alpha value is -2.64. The number of carbonyl (C=O) groups is 1. The lowest BCUT2D eigenvalue weighted by molar-refractivity contribution is 0.101. The summed E-state index contributed by atoms with van der Waals surface area (Å²) in [5.41, 5.74) is 3.73. The highest BCUT2D eigenvalue weighted by Crippen LogP contribution is 2.35. The highest BCUT2D eigenvalue weighted by Gasteiger charge is 2.31. The maximum atomic E-state index is 11.8. The van der Waals surface area contributed by atoms with Gasteiger partial charge in [-0.05, 0) is 36.2 Å². The van der Waals surface area contributed by atoms with Crippen molar-refractivity contribution < 1.29 is 9.90 Å². The normalized spacial score (nSPS) is 19.3. The predicted molar refractivity (Wildman–Crippen MR) is 83.7 cm³/mol. The van der Waals surface area contributed by atoms with Crippen molar-refractivity contribution in [2.75, 3.05) is 5.32 Å². The van der Waals surface area contributed by atoms with E-state index in [9.17, 15) is 9.90 Å². The van der Waals surface area contributed by atoms with Gasteiger partial charge in [-0.25, -0.2) is 0 Å². The van der Waals surface area contributed by atoms with Gasteiger partial charge in [-0.3, -0.25) is 4.79 Å². The molecule has 2 unspecified atom stereocenters. The van der Waals surface area contributed by atoms with E-state index in [0.29, 0.717) is 23.2 Å². The van der Waals surface area contributed by atoms with Gasteiger partial charge < -0.3 is 10.4 Å². The van der Waals surface area contributed by atoms with Crippen molar-refractivity contribution in [2.24, 2.45) is 0 Å². The number of ketones is 1. The molecule has 0 saturated carbocycles. The van der Waals surface area contributed by atoms with Crippen LogP contribution < -0.4 is 5.32 Å². The standard InChI is InChI=1S/C18H16N2O2/c1-11(21)14-7-6-12(10-19)8-16(14)20-18-15-5-3-2-4-13(15)9-17(18)22/h2-8,17-18,20,22H,9H2,1H3. The summed E-state index contributed by atoms with van der Waals surface area (Å²) in [4.78, 5) is 11.8. The molecule has 0 amide bonds. The Morgan fingerprint density at radius 3 is 2.82 bits per heavy atom. The summed E-state index contributed by atoms with van der Waals surface area (Å²) in [7, 11) is 0. The lowest BCUT2D eigenvalue weighted by Crippen LogP contribution is -2.22. The molecule has 110 valence electrons. The van der Waals surface area contributed by atoms with Crippen LogP contribution in [-0.2, 0) is 6.42 Å². The van der Waals surface area contributed by atoms with Crippen LogP contribution >= 0.6 is 0 Å². The number of nitrogens with zero attached hydrogens (tertiary/aromatic N) is 1. The molecule has 0 bridgehead atoms. The SMILES string of the molecule is CC(=O)c1ccc(C#N)cc1NC1c2ccccc2CC1O. The second kappa shape index (κ2) is 5.63. The van der Waals surface area contributed by atoms with Crippen molar-refractivity contribution in [3.8, 4) is 6.07 Å². The molecule has 2 atom stereocenters. The zero-order valence-corrected chi connectivity index (χ0v) is 12.2. The van der Waals surface area contributed by atoms with Crippen LogP contribution in [0.3, 0.4) is 0 Å². The van der Waals surface area contributed by atoms with Gasteiger partial charge in [0.1, 0.15) is 0 Å². The van der Waals surface area contributed by atoms with Gasteiger partial charge in [0.2, 0.25) is 0 Å². The average molecular weight is 292 g/mol. The van der Waals surface area contributed by atoms with Crippen LogP contribution in [0.5, 0.6) is 0 Å². The fourth-order valence-electron chi connectivity index (χ4n) is 2.96. The van der Waals surface area contributed by atoms with E-state index in [1.807, 2.05) is 24.3 Å². The van der Waals surface area contributed by atoms with Gasteiger partial charge in [-0.15, -0.1) is 0 Å². The fraction of sp³-hybridized carbons (Fsp3) is 0.222. The van der Waals surface area contributed by atoms with E-state index in [-0.39, 0.29) is 11.8 Å². The zero-order chi connectivity index (χ0) is 15.7. The topological polar surface area (TPSA) is 73.1 Å². The quantitative estimate of drug-likeness (QED) is 0.853. The summed E-state index contributed by atoms with van der Waals surface area (Å²) in [5.74, 6) is -0.0761. The number of hydrogen-bond donors (Lipinski definition) is 2. The largest absolute Gasteiger partial charge is 0.390 e. The van der Waals surface area contributed by atoms with Gasteiger partial charge in [0.15, 0.2) is 5.78 Å². The Morgan fingerprint density at radius 1 is 1.32 bits per heavy atom. The van der Waals surface area contributed by atoms with Crippen LogP contribution in [0.15, 0.2) is 42.5 Å². The molecule has 2 aromatic rings. The number of nitrogens with one attached hydrogen (secondary N) is 1. The van der Waals surface area contributed by atoms with Gasteiger partial charge in [-0.2, -0.15) is 5.26 Å². The van der Waals surface area contributed by atoms with Crippen molar-refractivity contribution in [2.45, 2.75) is 25.5 Å². The third-order valence-corrected chi connectivity index (χ3v) is 4.04. The molecule has 1 aliphatic rings. The van der Waals surface area contributed by atoms with Crippen LogP contribution in [0.1, 0.15) is 40.0 Å². The maximum Gasteiger partial charge on any atom is 0.161 e. The summed E-state index contributed by atoms with van der Waals surface area (Å²) < 4.78 is 0. The van der Waals surface area contributed by atoms with E-state index in [2.05, 4.69) is 11.4 Å². The second-order valence-electron chi connectivity index (χ2n) is 5.52. The molecule has 2 aromatic carbocycles.